The number of nitrogens with zero attached hydrogens (tertiary/aromatic N) is 4. The van der Waals surface area contributed by atoms with Gasteiger partial charge in [0, 0.05) is 18.6 Å². The molecule has 3 rings (SSSR count). The molecule has 0 aromatic carbocycles. The van der Waals surface area contributed by atoms with Gasteiger partial charge in [0.2, 0.25) is 0 Å². The highest BCUT2D eigenvalue weighted by Gasteiger charge is 2.21. The molecule has 0 radical (unpaired) electrons. The van der Waals surface area contributed by atoms with Gasteiger partial charge in [0.05, 0.1) is 38.1 Å². The Morgan fingerprint density at radius 3 is 2.23 bits per heavy atom. The Kier molecular flexibility index (Phi) is 5.30. The lowest BCUT2D eigenvalue weighted by atomic mass is 10.3. The molecular weight excluding hydrogens is 488 g/mol. The monoisotopic (exact) mass is 500 g/mol. The molecule has 0 atom stereocenters. The van der Waals surface area contributed by atoms with E-state index in [4.69, 9.17) is 0 Å². The van der Waals surface area contributed by atoms with Crippen molar-refractivity contribution in [3.8, 4) is 0 Å². The van der Waals surface area contributed by atoms with Crippen LogP contribution in [0.5, 0.6) is 0 Å². The van der Waals surface area contributed by atoms with Gasteiger partial charge in [-0.15, -0.1) is 11.3 Å². The molecule has 0 saturated heterocycles. The van der Waals surface area contributed by atoms with Gasteiger partial charge in [0.25, 0.3) is 11.8 Å². The first-order chi connectivity index (χ1) is 12.3. The number of nitrogens with one attached hydrogen (secondary N) is 2. The lowest BCUT2D eigenvalue weighted by Crippen LogP contribution is -2.20. The van der Waals surface area contributed by atoms with Crippen molar-refractivity contribution in [3.63, 3.8) is 0 Å². The number of hydrogen-bond donors (Lipinski definition) is 2. The summed E-state index contributed by atoms with van der Waals surface area (Å²) in [6.07, 6.45) is 3.02. The summed E-state index contributed by atoms with van der Waals surface area (Å²) >= 11 is 8.00. The molecule has 26 heavy (non-hydrogen) atoms. The van der Waals surface area contributed by atoms with Crippen molar-refractivity contribution in [1.82, 2.24) is 19.6 Å². The standard InChI is InChI=1S/C15H14Br2N6O2S/c1-7-9(5-18-22(7)2)20-15(25)12-10(6-19-23(12)3)21-14(24)11-4-8(16)13(17)26-11/h4-6H,1-3H3,(H,20,25)(H,21,24). The summed E-state index contributed by atoms with van der Waals surface area (Å²) in [6.45, 7) is 1.85. The topological polar surface area (TPSA) is 93.8 Å². The van der Waals surface area contributed by atoms with Gasteiger partial charge >= 0.3 is 0 Å². The van der Waals surface area contributed by atoms with E-state index in [2.05, 4.69) is 52.7 Å². The minimum absolute atomic E-state index is 0.247. The van der Waals surface area contributed by atoms with Gasteiger partial charge in [-0.2, -0.15) is 10.2 Å². The van der Waals surface area contributed by atoms with Crippen molar-refractivity contribution < 1.29 is 9.59 Å². The Labute approximate surface area is 169 Å². The number of aryl methyl sites for hydroxylation is 2. The van der Waals surface area contributed by atoms with Gasteiger partial charge in [-0.25, -0.2) is 0 Å². The van der Waals surface area contributed by atoms with Gasteiger partial charge in [-0.3, -0.25) is 19.0 Å². The molecule has 136 valence electrons. The summed E-state index contributed by atoms with van der Waals surface area (Å²) < 4.78 is 4.69. The van der Waals surface area contributed by atoms with E-state index in [1.54, 1.807) is 31.0 Å². The predicted molar refractivity (Wildman–Crippen MR) is 107 cm³/mol. The second-order valence-corrected chi connectivity index (χ2v) is 8.66. The van der Waals surface area contributed by atoms with E-state index in [0.717, 1.165) is 14.0 Å². The molecule has 0 aliphatic heterocycles. The average Bonchev–Trinajstić information content (AvgIpc) is 3.22. The molecule has 0 saturated carbocycles. The fourth-order valence-electron chi connectivity index (χ4n) is 2.24. The first-order valence-electron chi connectivity index (χ1n) is 7.36. The lowest BCUT2D eigenvalue weighted by Gasteiger charge is -2.08. The number of halogens is 2. The van der Waals surface area contributed by atoms with Crippen molar-refractivity contribution in [3.05, 3.63) is 43.0 Å². The van der Waals surface area contributed by atoms with E-state index in [1.807, 2.05) is 6.92 Å². The fourth-order valence-corrected chi connectivity index (χ4v) is 4.17. The number of anilines is 2. The number of carbonyl (C=O) groups excluding carboxylic acids is 2. The van der Waals surface area contributed by atoms with E-state index in [-0.39, 0.29) is 17.5 Å². The van der Waals surface area contributed by atoms with Crippen molar-refractivity contribution in [2.45, 2.75) is 6.92 Å². The molecule has 0 fully saturated rings. The van der Waals surface area contributed by atoms with Crippen LogP contribution in [0.1, 0.15) is 25.9 Å². The molecule has 0 unspecified atom stereocenters. The molecule has 0 spiro atoms. The molecule has 8 nitrogen and oxygen atoms in total. The third-order valence-corrected chi connectivity index (χ3v) is 7.01. The van der Waals surface area contributed by atoms with Crippen LogP contribution >= 0.6 is 43.2 Å². The van der Waals surface area contributed by atoms with E-state index in [9.17, 15) is 9.59 Å². The molecule has 0 aliphatic rings. The van der Waals surface area contributed by atoms with Gasteiger partial charge in [-0.1, -0.05) is 0 Å². The van der Waals surface area contributed by atoms with Crippen LogP contribution in [0.3, 0.4) is 0 Å². The van der Waals surface area contributed by atoms with Crippen LogP contribution in [0, 0.1) is 6.92 Å². The zero-order valence-corrected chi connectivity index (χ0v) is 18.0. The van der Waals surface area contributed by atoms with E-state index in [1.165, 1.54) is 22.2 Å². The van der Waals surface area contributed by atoms with Crippen LogP contribution in [0.15, 0.2) is 26.7 Å². The summed E-state index contributed by atoms with van der Waals surface area (Å²) in [7, 11) is 3.43. The Balaban J connectivity index is 1.83. The number of thiophene rings is 1. The van der Waals surface area contributed by atoms with E-state index in [0.29, 0.717) is 16.3 Å². The van der Waals surface area contributed by atoms with Crippen molar-refractivity contribution >= 4 is 66.4 Å². The Bertz CT molecular complexity index is 987. The first-order valence-corrected chi connectivity index (χ1v) is 9.76. The van der Waals surface area contributed by atoms with Crippen molar-refractivity contribution in [1.29, 1.82) is 0 Å². The molecule has 3 aromatic rings. The quantitative estimate of drug-likeness (QED) is 0.571. The minimum atomic E-state index is -0.384. The van der Waals surface area contributed by atoms with Crippen molar-refractivity contribution in [2.24, 2.45) is 14.1 Å². The van der Waals surface area contributed by atoms with Gasteiger partial charge < -0.3 is 10.6 Å². The highest BCUT2D eigenvalue weighted by atomic mass is 79.9. The van der Waals surface area contributed by atoms with Gasteiger partial charge in [0.15, 0.2) is 0 Å². The predicted octanol–water partition coefficient (Wildman–Crippen LogP) is 3.55. The molecule has 0 bridgehead atoms. The normalized spacial score (nSPS) is 10.8. The molecule has 0 aliphatic carbocycles. The van der Waals surface area contributed by atoms with E-state index < -0.39 is 0 Å². The zero-order chi connectivity index (χ0) is 19.0. The average molecular weight is 502 g/mol. The molecule has 3 aromatic heterocycles. The van der Waals surface area contributed by atoms with Gasteiger partial charge in [0.1, 0.15) is 5.69 Å². The van der Waals surface area contributed by atoms with Crippen molar-refractivity contribution in [2.75, 3.05) is 10.6 Å². The summed E-state index contributed by atoms with van der Waals surface area (Å²) in [5, 5.41) is 13.7. The minimum Gasteiger partial charge on any atom is -0.318 e. The van der Waals surface area contributed by atoms with E-state index >= 15 is 0 Å². The van der Waals surface area contributed by atoms with Crippen LogP contribution in [-0.2, 0) is 14.1 Å². The third-order valence-electron chi connectivity index (χ3n) is 3.75. The molecule has 2 amide bonds. The van der Waals surface area contributed by atoms with Crippen LogP contribution in [0.25, 0.3) is 0 Å². The second kappa shape index (κ2) is 7.33. The zero-order valence-electron chi connectivity index (χ0n) is 14.0. The van der Waals surface area contributed by atoms with Crippen LogP contribution < -0.4 is 10.6 Å². The molecule has 3 heterocycles. The number of hydrogen-bond acceptors (Lipinski definition) is 5. The smallest absolute Gasteiger partial charge is 0.276 e. The third kappa shape index (κ3) is 3.60. The Morgan fingerprint density at radius 2 is 1.65 bits per heavy atom. The molecule has 11 heteroatoms. The summed E-state index contributed by atoms with van der Waals surface area (Å²) in [5.41, 5.74) is 2.00. The maximum atomic E-state index is 12.7. The highest BCUT2D eigenvalue weighted by Crippen LogP contribution is 2.33. The number of carbonyl (C=O) groups is 2. The maximum absolute atomic E-state index is 12.7. The Hall–Kier alpha value is -1.98. The summed E-state index contributed by atoms with van der Waals surface area (Å²) in [6, 6.07) is 1.71. The Morgan fingerprint density at radius 1 is 1.04 bits per heavy atom. The first kappa shape index (κ1) is 18.8. The summed E-state index contributed by atoms with van der Waals surface area (Å²) in [5.74, 6) is -0.703. The van der Waals surface area contributed by atoms with Crippen LogP contribution in [-0.4, -0.2) is 31.4 Å². The number of rotatable bonds is 4. The van der Waals surface area contributed by atoms with Crippen LogP contribution in [0.2, 0.25) is 0 Å². The maximum Gasteiger partial charge on any atom is 0.276 e. The fraction of sp³-hybridized carbons (Fsp3) is 0.200. The van der Waals surface area contributed by atoms with Crippen LogP contribution in [0.4, 0.5) is 11.4 Å². The SMILES string of the molecule is Cc1c(NC(=O)c2c(NC(=O)c3cc(Br)c(Br)s3)cnn2C)cnn1C. The number of amides is 2. The molecule has 2 N–H and O–H groups in total. The largest absolute Gasteiger partial charge is 0.318 e. The summed E-state index contributed by atoms with van der Waals surface area (Å²) in [4.78, 5) is 25.6. The second-order valence-electron chi connectivity index (χ2n) is 5.44. The lowest BCUT2D eigenvalue weighted by molar-refractivity contribution is 0.101. The molecular formula is C15H14Br2N6O2S. The van der Waals surface area contributed by atoms with Gasteiger partial charge in [-0.05, 0) is 44.8 Å². The highest BCUT2D eigenvalue weighted by molar-refractivity contribution is 9.13. The number of aromatic nitrogens is 4.